The molecule has 0 aliphatic carbocycles. The molecule has 0 bridgehead atoms. The zero-order valence-corrected chi connectivity index (χ0v) is 8.70. The van der Waals surface area contributed by atoms with E-state index >= 15 is 0 Å². The second-order valence-corrected chi connectivity index (χ2v) is 3.55. The molecule has 15 heavy (non-hydrogen) atoms. The summed E-state index contributed by atoms with van der Waals surface area (Å²) in [5, 5.41) is 5.13. The number of carbonyl (C=O) groups is 1. The Hall–Kier alpha value is -1.75. The molecule has 2 rings (SSSR count). The van der Waals surface area contributed by atoms with Crippen molar-refractivity contribution in [1.82, 2.24) is 5.01 Å². The average Bonchev–Trinajstić information content (AvgIpc) is 2.62. The van der Waals surface area contributed by atoms with Crippen molar-refractivity contribution in [2.45, 2.75) is 6.42 Å². The lowest BCUT2D eigenvalue weighted by molar-refractivity contribution is -0.125. The van der Waals surface area contributed by atoms with E-state index in [1.807, 2.05) is 30.3 Å². The Morgan fingerprint density at radius 3 is 2.60 bits per heavy atom. The van der Waals surface area contributed by atoms with Crippen LogP contribution in [0.1, 0.15) is 12.0 Å². The van der Waals surface area contributed by atoms with Crippen molar-refractivity contribution in [3.05, 3.63) is 35.9 Å². The van der Waals surface area contributed by atoms with Gasteiger partial charge in [0.1, 0.15) is 0 Å². The SMILES string of the molecule is NC(=S)N1N=C(c2ccccc2)CC1=O. The molecule has 4 nitrogen and oxygen atoms in total. The van der Waals surface area contributed by atoms with Crippen molar-refractivity contribution in [1.29, 1.82) is 0 Å². The molecule has 0 fully saturated rings. The minimum absolute atomic E-state index is 0.00840. The predicted octanol–water partition coefficient (Wildman–Crippen LogP) is 0.867. The fourth-order valence-corrected chi connectivity index (χ4v) is 1.54. The summed E-state index contributed by atoms with van der Waals surface area (Å²) in [4.78, 5) is 11.4. The Morgan fingerprint density at radius 2 is 2.07 bits per heavy atom. The van der Waals surface area contributed by atoms with Gasteiger partial charge in [-0.15, -0.1) is 0 Å². The number of hydrogen-bond acceptors (Lipinski definition) is 3. The van der Waals surface area contributed by atoms with Crippen LogP contribution in [-0.2, 0) is 4.79 Å². The van der Waals surface area contributed by atoms with Crippen LogP contribution < -0.4 is 5.73 Å². The summed E-state index contributed by atoms with van der Waals surface area (Å²) in [7, 11) is 0. The van der Waals surface area contributed by atoms with Gasteiger partial charge < -0.3 is 5.73 Å². The molecule has 1 heterocycles. The zero-order chi connectivity index (χ0) is 10.8. The smallest absolute Gasteiger partial charge is 0.255 e. The molecular weight excluding hydrogens is 210 g/mol. The molecule has 0 radical (unpaired) electrons. The molecule has 0 atom stereocenters. The normalized spacial score (nSPS) is 15.3. The molecular formula is C10H9N3OS. The molecule has 2 N–H and O–H groups in total. The quantitative estimate of drug-likeness (QED) is 0.713. The highest BCUT2D eigenvalue weighted by Crippen LogP contribution is 2.14. The van der Waals surface area contributed by atoms with E-state index in [0.29, 0.717) is 5.71 Å². The number of amides is 1. The third kappa shape index (κ3) is 1.87. The fourth-order valence-electron chi connectivity index (χ4n) is 1.39. The molecule has 1 aromatic rings. The number of nitrogens with zero attached hydrogens (tertiary/aromatic N) is 2. The van der Waals surface area contributed by atoms with Gasteiger partial charge in [-0.2, -0.15) is 10.1 Å². The summed E-state index contributed by atoms with van der Waals surface area (Å²) < 4.78 is 0. The van der Waals surface area contributed by atoms with E-state index in [-0.39, 0.29) is 17.4 Å². The number of benzene rings is 1. The van der Waals surface area contributed by atoms with Crippen molar-refractivity contribution in [3.8, 4) is 0 Å². The summed E-state index contributed by atoms with van der Waals surface area (Å²) in [6, 6.07) is 9.49. The third-order valence-electron chi connectivity index (χ3n) is 2.09. The standard InChI is InChI=1S/C10H9N3OS/c11-10(15)13-9(14)6-8(12-13)7-4-2-1-3-5-7/h1-5H,6H2,(H2,11,15). The second-order valence-electron chi connectivity index (χ2n) is 3.13. The van der Waals surface area contributed by atoms with Crippen molar-refractivity contribution in [3.63, 3.8) is 0 Å². The van der Waals surface area contributed by atoms with Gasteiger partial charge in [0, 0.05) is 0 Å². The molecule has 0 unspecified atom stereocenters. The van der Waals surface area contributed by atoms with Crippen LogP contribution in [0, 0.1) is 0 Å². The molecule has 1 aliphatic rings. The van der Waals surface area contributed by atoms with Gasteiger partial charge in [-0.05, 0) is 17.8 Å². The first kappa shape index (κ1) is 9.79. The Kier molecular flexibility index (Phi) is 2.47. The first-order valence-corrected chi connectivity index (χ1v) is 4.84. The predicted molar refractivity (Wildman–Crippen MR) is 61.2 cm³/mol. The van der Waals surface area contributed by atoms with Crippen molar-refractivity contribution in [2.75, 3.05) is 0 Å². The summed E-state index contributed by atoms with van der Waals surface area (Å²) >= 11 is 4.71. The fraction of sp³-hybridized carbons (Fsp3) is 0.100. The van der Waals surface area contributed by atoms with Crippen LogP contribution in [0.25, 0.3) is 0 Å². The maximum atomic E-state index is 11.4. The van der Waals surface area contributed by atoms with E-state index in [1.165, 1.54) is 0 Å². The summed E-state index contributed by atoms with van der Waals surface area (Å²) in [6.07, 6.45) is 0.251. The van der Waals surface area contributed by atoms with Crippen LogP contribution in [0.5, 0.6) is 0 Å². The van der Waals surface area contributed by atoms with Gasteiger partial charge in [-0.3, -0.25) is 4.79 Å². The van der Waals surface area contributed by atoms with E-state index in [1.54, 1.807) is 0 Å². The van der Waals surface area contributed by atoms with Gasteiger partial charge in [0.15, 0.2) is 5.11 Å². The van der Waals surface area contributed by atoms with Crippen LogP contribution in [0.2, 0.25) is 0 Å². The van der Waals surface area contributed by atoms with Gasteiger partial charge in [0.2, 0.25) is 0 Å². The molecule has 0 saturated carbocycles. The number of rotatable bonds is 1. The molecule has 5 heteroatoms. The molecule has 1 aromatic carbocycles. The zero-order valence-electron chi connectivity index (χ0n) is 7.88. The lowest BCUT2D eigenvalue weighted by Gasteiger charge is -2.06. The molecule has 0 aromatic heterocycles. The minimum atomic E-state index is -0.179. The Morgan fingerprint density at radius 1 is 1.40 bits per heavy atom. The Balaban J connectivity index is 2.31. The van der Waals surface area contributed by atoms with Gasteiger partial charge in [-0.25, -0.2) is 0 Å². The summed E-state index contributed by atoms with van der Waals surface area (Å²) in [5.74, 6) is -0.179. The largest absolute Gasteiger partial charge is 0.374 e. The van der Waals surface area contributed by atoms with Crippen LogP contribution >= 0.6 is 12.2 Å². The van der Waals surface area contributed by atoms with Gasteiger partial charge in [-0.1, -0.05) is 30.3 Å². The van der Waals surface area contributed by atoms with Crippen molar-refractivity contribution in [2.24, 2.45) is 10.8 Å². The number of hydrazone groups is 1. The van der Waals surface area contributed by atoms with Crippen molar-refractivity contribution < 1.29 is 4.79 Å². The average molecular weight is 219 g/mol. The molecule has 0 saturated heterocycles. The highest BCUT2D eigenvalue weighted by atomic mass is 32.1. The second kappa shape index (κ2) is 3.78. The third-order valence-corrected chi connectivity index (χ3v) is 2.26. The van der Waals surface area contributed by atoms with E-state index in [9.17, 15) is 4.79 Å². The first-order chi connectivity index (χ1) is 7.18. The van der Waals surface area contributed by atoms with Gasteiger partial charge in [0.25, 0.3) is 5.91 Å². The molecule has 1 aliphatic heterocycles. The van der Waals surface area contributed by atoms with E-state index < -0.39 is 0 Å². The lowest BCUT2D eigenvalue weighted by atomic mass is 10.1. The highest BCUT2D eigenvalue weighted by molar-refractivity contribution is 7.80. The van der Waals surface area contributed by atoms with Crippen LogP contribution in [0.3, 0.4) is 0 Å². The molecule has 1 amide bonds. The monoisotopic (exact) mass is 219 g/mol. The first-order valence-electron chi connectivity index (χ1n) is 4.44. The molecule has 0 spiro atoms. The topological polar surface area (TPSA) is 58.7 Å². The number of carbonyl (C=O) groups excluding carboxylic acids is 1. The number of thiocarbonyl (C=S) groups is 1. The van der Waals surface area contributed by atoms with Gasteiger partial charge >= 0.3 is 0 Å². The van der Waals surface area contributed by atoms with Gasteiger partial charge in [0.05, 0.1) is 12.1 Å². The number of hydrogen-bond donors (Lipinski definition) is 1. The maximum Gasteiger partial charge on any atom is 0.255 e. The number of nitrogens with two attached hydrogens (primary N) is 1. The van der Waals surface area contributed by atoms with Crippen LogP contribution in [-0.4, -0.2) is 21.7 Å². The van der Waals surface area contributed by atoms with Crippen LogP contribution in [0.4, 0.5) is 0 Å². The minimum Gasteiger partial charge on any atom is -0.374 e. The Bertz CT molecular complexity index is 441. The van der Waals surface area contributed by atoms with E-state index in [2.05, 4.69) is 5.10 Å². The summed E-state index contributed by atoms with van der Waals surface area (Å²) in [6.45, 7) is 0. The van der Waals surface area contributed by atoms with E-state index in [0.717, 1.165) is 10.6 Å². The molecule has 76 valence electrons. The van der Waals surface area contributed by atoms with Crippen LogP contribution in [0.15, 0.2) is 35.4 Å². The summed E-state index contributed by atoms with van der Waals surface area (Å²) in [5.41, 5.74) is 6.98. The lowest BCUT2D eigenvalue weighted by Crippen LogP contribution is -2.32. The van der Waals surface area contributed by atoms with E-state index in [4.69, 9.17) is 18.0 Å². The Labute approximate surface area is 92.4 Å². The maximum absolute atomic E-state index is 11.4. The highest BCUT2D eigenvalue weighted by Gasteiger charge is 2.26. The van der Waals surface area contributed by atoms with Crippen molar-refractivity contribution >= 4 is 28.9 Å².